The summed E-state index contributed by atoms with van der Waals surface area (Å²) in [7, 11) is 1.35. The van der Waals surface area contributed by atoms with Crippen molar-refractivity contribution in [3.05, 3.63) is 19.2 Å². The molecular formula is C10H11Br2NO3S. The van der Waals surface area contributed by atoms with Gasteiger partial charge in [0.15, 0.2) is 0 Å². The molecule has 1 aromatic rings. The van der Waals surface area contributed by atoms with Gasteiger partial charge < -0.3 is 10.1 Å². The van der Waals surface area contributed by atoms with Gasteiger partial charge in [0.05, 0.1) is 15.8 Å². The molecule has 1 rings (SSSR count). The maximum atomic E-state index is 11.7. The largest absolute Gasteiger partial charge is 0.469 e. The van der Waals surface area contributed by atoms with Crippen LogP contribution in [0.25, 0.3) is 0 Å². The monoisotopic (exact) mass is 383 g/mol. The minimum absolute atomic E-state index is 0.133. The van der Waals surface area contributed by atoms with Gasteiger partial charge in [-0.15, -0.1) is 11.3 Å². The van der Waals surface area contributed by atoms with Crippen LogP contribution in [-0.2, 0) is 9.53 Å². The van der Waals surface area contributed by atoms with E-state index < -0.39 is 0 Å². The first-order valence-electron chi connectivity index (χ1n) is 4.84. The Hall–Kier alpha value is -0.400. The highest BCUT2D eigenvalue weighted by molar-refractivity contribution is 9.13. The van der Waals surface area contributed by atoms with Gasteiger partial charge in [-0.25, -0.2) is 0 Å². The molecule has 0 aromatic carbocycles. The van der Waals surface area contributed by atoms with Gasteiger partial charge in [-0.3, -0.25) is 9.59 Å². The number of esters is 1. The van der Waals surface area contributed by atoms with Gasteiger partial charge in [-0.1, -0.05) is 0 Å². The molecule has 0 saturated heterocycles. The number of hydrogen-bond acceptors (Lipinski definition) is 4. The molecule has 0 aliphatic heterocycles. The first kappa shape index (κ1) is 14.7. The first-order chi connectivity index (χ1) is 8.04. The molecule has 1 aromatic heterocycles. The van der Waals surface area contributed by atoms with Gasteiger partial charge in [0.1, 0.15) is 0 Å². The van der Waals surface area contributed by atoms with Crippen LogP contribution in [0.4, 0.5) is 0 Å². The molecular weight excluding hydrogens is 374 g/mol. The van der Waals surface area contributed by atoms with E-state index >= 15 is 0 Å². The van der Waals surface area contributed by atoms with Crippen molar-refractivity contribution >= 4 is 55.1 Å². The van der Waals surface area contributed by atoms with Crippen molar-refractivity contribution in [3.63, 3.8) is 0 Å². The Morgan fingerprint density at radius 1 is 1.47 bits per heavy atom. The van der Waals surface area contributed by atoms with Gasteiger partial charge in [0, 0.05) is 17.4 Å². The summed E-state index contributed by atoms with van der Waals surface area (Å²) < 4.78 is 6.25. The summed E-state index contributed by atoms with van der Waals surface area (Å²) in [5.41, 5.74) is 0. The minimum atomic E-state index is -0.263. The van der Waals surface area contributed by atoms with Gasteiger partial charge in [0.2, 0.25) is 0 Å². The number of ether oxygens (including phenoxy) is 1. The molecule has 0 aliphatic carbocycles. The van der Waals surface area contributed by atoms with E-state index in [1.54, 1.807) is 6.07 Å². The van der Waals surface area contributed by atoms with Gasteiger partial charge >= 0.3 is 5.97 Å². The molecule has 17 heavy (non-hydrogen) atoms. The van der Waals surface area contributed by atoms with E-state index in [9.17, 15) is 9.59 Å². The smallest absolute Gasteiger partial charge is 0.305 e. The SMILES string of the molecule is COC(=O)CCCNC(=O)c1cc(Br)c(Br)s1. The zero-order valence-corrected chi connectivity index (χ0v) is 13.1. The standard InChI is InChI=1S/C10H11Br2NO3S/c1-16-8(14)3-2-4-13-10(15)7-5-6(11)9(12)17-7/h5H,2-4H2,1H3,(H,13,15). The van der Waals surface area contributed by atoms with Gasteiger partial charge in [0.25, 0.3) is 5.91 Å². The van der Waals surface area contributed by atoms with Crippen LogP contribution in [0.15, 0.2) is 14.3 Å². The molecule has 0 unspecified atom stereocenters. The normalized spacial score (nSPS) is 10.1. The van der Waals surface area contributed by atoms with Crippen LogP contribution in [0.3, 0.4) is 0 Å². The highest BCUT2D eigenvalue weighted by Gasteiger charge is 2.11. The lowest BCUT2D eigenvalue weighted by Gasteiger charge is -2.02. The van der Waals surface area contributed by atoms with Crippen LogP contribution in [0.2, 0.25) is 0 Å². The Kier molecular flexibility index (Phi) is 6.15. The molecule has 0 saturated carbocycles. The average Bonchev–Trinajstić information content (AvgIpc) is 2.64. The fourth-order valence-corrected chi connectivity index (χ4v) is 3.03. The summed E-state index contributed by atoms with van der Waals surface area (Å²) in [6, 6.07) is 1.75. The number of carbonyl (C=O) groups excluding carboxylic acids is 2. The van der Waals surface area contributed by atoms with Crippen molar-refractivity contribution in [2.45, 2.75) is 12.8 Å². The number of hydrogen-bond donors (Lipinski definition) is 1. The van der Waals surface area contributed by atoms with E-state index in [0.717, 1.165) is 8.26 Å². The lowest BCUT2D eigenvalue weighted by Crippen LogP contribution is -2.24. The quantitative estimate of drug-likeness (QED) is 0.627. The lowest BCUT2D eigenvalue weighted by molar-refractivity contribution is -0.140. The van der Waals surface area contributed by atoms with Gasteiger partial charge in [-0.2, -0.15) is 0 Å². The Bertz CT molecular complexity index is 400. The number of carbonyl (C=O) groups is 2. The molecule has 0 atom stereocenters. The van der Waals surface area contributed by atoms with E-state index in [1.165, 1.54) is 18.4 Å². The predicted molar refractivity (Wildman–Crippen MR) is 73.3 cm³/mol. The Morgan fingerprint density at radius 2 is 2.18 bits per heavy atom. The number of methoxy groups -OCH3 is 1. The van der Waals surface area contributed by atoms with Crippen LogP contribution < -0.4 is 5.32 Å². The van der Waals surface area contributed by atoms with Gasteiger partial charge in [-0.05, 0) is 44.3 Å². The third-order valence-corrected chi connectivity index (χ3v) is 5.19. The molecule has 1 N–H and O–H groups in total. The predicted octanol–water partition coefficient (Wildman–Crippen LogP) is 2.96. The number of amides is 1. The third-order valence-electron chi connectivity index (χ3n) is 1.94. The molecule has 0 aliphatic rings. The summed E-state index contributed by atoms with van der Waals surface area (Å²) in [4.78, 5) is 23.1. The number of nitrogens with one attached hydrogen (secondary N) is 1. The zero-order chi connectivity index (χ0) is 12.8. The number of thiophene rings is 1. The molecule has 1 amide bonds. The second-order valence-electron chi connectivity index (χ2n) is 3.17. The van der Waals surface area contributed by atoms with Crippen LogP contribution in [-0.4, -0.2) is 25.5 Å². The topological polar surface area (TPSA) is 55.4 Å². The highest BCUT2D eigenvalue weighted by atomic mass is 79.9. The summed E-state index contributed by atoms with van der Waals surface area (Å²) >= 11 is 8.00. The maximum Gasteiger partial charge on any atom is 0.305 e. The van der Waals surface area contributed by atoms with E-state index in [-0.39, 0.29) is 11.9 Å². The second kappa shape index (κ2) is 7.13. The van der Waals surface area contributed by atoms with Crippen molar-refractivity contribution in [2.24, 2.45) is 0 Å². The fraction of sp³-hybridized carbons (Fsp3) is 0.400. The summed E-state index contributed by atoms with van der Waals surface area (Å²) in [5, 5.41) is 2.74. The molecule has 1 heterocycles. The van der Waals surface area contributed by atoms with Crippen molar-refractivity contribution in [1.82, 2.24) is 5.32 Å². The highest BCUT2D eigenvalue weighted by Crippen LogP contribution is 2.32. The molecule has 94 valence electrons. The summed E-state index contributed by atoms with van der Waals surface area (Å²) in [6.45, 7) is 0.459. The number of halogens is 2. The molecule has 0 radical (unpaired) electrons. The zero-order valence-electron chi connectivity index (χ0n) is 9.09. The summed E-state index contributed by atoms with van der Waals surface area (Å²) in [6.07, 6.45) is 0.890. The van der Waals surface area contributed by atoms with E-state index in [4.69, 9.17) is 0 Å². The molecule has 4 nitrogen and oxygen atoms in total. The van der Waals surface area contributed by atoms with Crippen LogP contribution in [0.1, 0.15) is 22.5 Å². The van der Waals surface area contributed by atoms with Crippen molar-refractivity contribution in [1.29, 1.82) is 0 Å². The van der Waals surface area contributed by atoms with Crippen molar-refractivity contribution < 1.29 is 14.3 Å². The Labute approximate surface area is 120 Å². The van der Waals surface area contributed by atoms with E-state index in [1.807, 2.05) is 0 Å². The van der Waals surface area contributed by atoms with Crippen molar-refractivity contribution in [2.75, 3.05) is 13.7 Å². The molecule has 0 spiro atoms. The van der Waals surface area contributed by atoms with Crippen LogP contribution in [0, 0.1) is 0 Å². The Balaban J connectivity index is 2.33. The van der Waals surface area contributed by atoms with Crippen LogP contribution >= 0.6 is 43.2 Å². The third kappa shape index (κ3) is 4.77. The second-order valence-corrected chi connectivity index (χ2v) is 6.39. The van der Waals surface area contributed by atoms with E-state index in [2.05, 4.69) is 41.9 Å². The first-order valence-corrected chi connectivity index (χ1v) is 7.24. The summed E-state index contributed by atoms with van der Waals surface area (Å²) in [5.74, 6) is -0.396. The van der Waals surface area contributed by atoms with Crippen LogP contribution in [0.5, 0.6) is 0 Å². The average molecular weight is 385 g/mol. The molecule has 0 bridgehead atoms. The Morgan fingerprint density at radius 3 is 2.71 bits per heavy atom. The maximum absolute atomic E-state index is 11.7. The number of rotatable bonds is 5. The fourth-order valence-electron chi connectivity index (χ4n) is 1.08. The van der Waals surface area contributed by atoms with Crippen molar-refractivity contribution in [3.8, 4) is 0 Å². The lowest BCUT2D eigenvalue weighted by atomic mass is 10.3. The molecule has 0 fully saturated rings. The van der Waals surface area contributed by atoms with E-state index in [0.29, 0.717) is 24.3 Å². The molecule has 7 heteroatoms. The minimum Gasteiger partial charge on any atom is -0.469 e.